The van der Waals surface area contributed by atoms with Gasteiger partial charge in [-0.15, -0.1) is 11.3 Å². The van der Waals surface area contributed by atoms with Crippen LogP contribution in [0.2, 0.25) is 5.02 Å². The van der Waals surface area contributed by atoms with Crippen LogP contribution in [0.4, 0.5) is 5.69 Å². The van der Waals surface area contributed by atoms with E-state index in [1.807, 2.05) is 0 Å². The molecule has 30 heavy (non-hydrogen) atoms. The number of carbonyl (C=O) groups is 1. The monoisotopic (exact) mass is 465 g/mol. The highest BCUT2D eigenvalue weighted by molar-refractivity contribution is 7.89. The van der Waals surface area contributed by atoms with E-state index in [1.54, 1.807) is 23.8 Å². The van der Waals surface area contributed by atoms with E-state index in [9.17, 15) is 13.2 Å². The average Bonchev–Trinajstić information content (AvgIpc) is 3.27. The highest BCUT2D eigenvalue weighted by Gasteiger charge is 2.28. The Balaban J connectivity index is 1.55. The number of nitrogens with one attached hydrogen (secondary N) is 1. The molecule has 4 rings (SSSR count). The number of amides is 1. The van der Waals surface area contributed by atoms with Gasteiger partial charge < -0.3 is 10.1 Å². The molecule has 0 bridgehead atoms. The van der Waals surface area contributed by atoms with Gasteiger partial charge in [-0.25, -0.2) is 23.4 Å². The lowest BCUT2D eigenvalue weighted by Crippen LogP contribution is -2.40. The summed E-state index contributed by atoms with van der Waals surface area (Å²) in [6.45, 7) is 1.14. The number of sulfonamides is 1. The van der Waals surface area contributed by atoms with E-state index >= 15 is 0 Å². The number of rotatable bonds is 5. The summed E-state index contributed by atoms with van der Waals surface area (Å²) < 4.78 is 32.4. The van der Waals surface area contributed by atoms with E-state index in [-0.39, 0.29) is 28.7 Å². The molecule has 3 aromatic rings. The van der Waals surface area contributed by atoms with E-state index in [0.717, 1.165) is 0 Å². The van der Waals surface area contributed by atoms with Crippen molar-refractivity contribution in [1.82, 2.24) is 19.3 Å². The fourth-order valence-corrected chi connectivity index (χ4v) is 5.44. The zero-order valence-corrected chi connectivity index (χ0v) is 17.9. The van der Waals surface area contributed by atoms with Crippen LogP contribution in [-0.2, 0) is 14.8 Å². The SMILES string of the molecule is O=C(Nc1ccc(Cl)c(S(=O)(=O)N2CCOCC2)c1)c1csc(-c2ncccn2)n1. The Morgan fingerprint density at radius 3 is 2.67 bits per heavy atom. The molecular formula is C18H16ClN5O4S2. The van der Waals surface area contributed by atoms with Gasteiger partial charge in [-0.2, -0.15) is 4.31 Å². The number of hydrogen-bond donors (Lipinski definition) is 1. The Morgan fingerprint density at radius 1 is 1.20 bits per heavy atom. The third-order valence-corrected chi connectivity index (χ3v) is 7.49. The number of halogens is 1. The number of anilines is 1. The first-order valence-corrected chi connectivity index (χ1v) is 11.6. The fourth-order valence-electron chi connectivity index (χ4n) is 2.79. The first-order valence-electron chi connectivity index (χ1n) is 8.87. The molecule has 0 radical (unpaired) electrons. The molecule has 1 saturated heterocycles. The van der Waals surface area contributed by atoms with Crippen LogP contribution in [0.5, 0.6) is 0 Å². The van der Waals surface area contributed by atoms with Gasteiger partial charge in [0, 0.05) is 36.6 Å². The minimum atomic E-state index is -3.81. The van der Waals surface area contributed by atoms with Gasteiger partial charge >= 0.3 is 0 Å². The summed E-state index contributed by atoms with van der Waals surface area (Å²) in [4.78, 5) is 25.0. The van der Waals surface area contributed by atoms with Gasteiger partial charge in [-0.05, 0) is 24.3 Å². The summed E-state index contributed by atoms with van der Waals surface area (Å²) in [6, 6.07) is 6.01. The second-order valence-corrected chi connectivity index (χ2v) is 9.40. The van der Waals surface area contributed by atoms with Crippen molar-refractivity contribution < 1.29 is 17.9 Å². The van der Waals surface area contributed by atoms with E-state index in [2.05, 4.69) is 20.3 Å². The maximum atomic E-state index is 12.9. The maximum absolute atomic E-state index is 12.9. The Labute approximate surface area is 181 Å². The summed E-state index contributed by atoms with van der Waals surface area (Å²) in [5.41, 5.74) is 0.469. The van der Waals surface area contributed by atoms with Crippen LogP contribution in [0.3, 0.4) is 0 Å². The van der Waals surface area contributed by atoms with Gasteiger partial charge in [-0.1, -0.05) is 11.6 Å². The minimum absolute atomic E-state index is 0.0690. The molecular weight excluding hydrogens is 450 g/mol. The zero-order chi connectivity index (χ0) is 21.1. The molecule has 156 valence electrons. The van der Waals surface area contributed by atoms with E-state index < -0.39 is 15.9 Å². The molecule has 1 amide bonds. The van der Waals surface area contributed by atoms with Gasteiger partial charge in [0.15, 0.2) is 10.8 Å². The van der Waals surface area contributed by atoms with Crippen LogP contribution in [0, 0.1) is 0 Å². The van der Waals surface area contributed by atoms with Crippen molar-refractivity contribution >= 4 is 44.6 Å². The predicted octanol–water partition coefficient (Wildman–Crippen LogP) is 2.53. The van der Waals surface area contributed by atoms with Gasteiger partial charge in [0.05, 0.1) is 18.2 Å². The summed E-state index contributed by atoms with van der Waals surface area (Å²) in [5, 5.41) is 4.84. The lowest BCUT2D eigenvalue weighted by Gasteiger charge is -2.26. The molecule has 1 N–H and O–H groups in total. The molecule has 1 fully saturated rings. The third-order valence-electron chi connectivity index (χ3n) is 4.27. The number of benzene rings is 1. The number of thiazole rings is 1. The molecule has 9 nitrogen and oxygen atoms in total. The zero-order valence-electron chi connectivity index (χ0n) is 15.5. The second-order valence-electron chi connectivity index (χ2n) is 6.23. The first-order chi connectivity index (χ1) is 14.4. The van der Waals surface area contributed by atoms with E-state index in [1.165, 1.54) is 33.8 Å². The Morgan fingerprint density at radius 2 is 1.93 bits per heavy atom. The minimum Gasteiger partial charge on any atom is -0.379 e. The molecule has 1 aliphatic rings. The average molecular weight is 466 g/mol. The number of hydrogen-bond acceptors (Lipinski definition) is 8. The number of aromatic nitrogens is 3. The molecule has 0 unspecified atom stereocenters. The van der Waals surface area contributed by atoms with Gasteiger partial charge in [0.25, 0.3) is 5.91 Å². The second kappa shape index (κ2) is 8.74. The van der Waals surface area contributed by atoms with Crippen LogP contribution in [-0.4, -0.2) is 59.9 Å². The quantitative estimate of drug-likeness (QED) is 0.615. The van der Waals surface area contributed by atoms with Gasteiger partial charge in [0.2, 0.25) is 10.0 Å². The number of ether oxygens (including phenoxy) is 1. The smallest absolute Gasteiger partial charge is 0.275 e. The summed E-state index contributed by atoms with van der Waals surface area (Å²) >= 11 is 7.39. The van der Waals surface area contributed by atoms with Crippen molar-refractivity contribution in [3.63, 3.8) is 0 Å². The summed E-state index contributed by atoms with van der Waals surface area (Å²) in [5.74, 6) is -0.0580. The summed E-state index contributed by atoms with van der Waals surface area (Å²) in [7, 11) is -3.81. The molecule has 1 aromatic carbocycles. The maximum Gasteiger partial charge on any atom is 0.275 e. The summed E-state index contributed by atoms with van der Waals surface area (Å²) in [6.07, 6.45) is 3.18. The van der Waals surface area contributed by atoms with Crippen LogP contribution in [0.1, 0.15) is 10.5 Å². The van der Waals surface area contributed by atoms with Crippen molar-refractivity contribution in [2.24, 2.45) is 0 Å². The molecule has 1 aliphatic heterocycles. The van der Waals surface area contributed by atoms with Gasteiger partial charge in [0.1, 0.15) is 10.6 Å². The molecule has 0 atom stereocenters. The Hall–Kier alpha value is -2.44. The molecule has 0 aliphatic carbocycles. The van der Waals surface area contributed by atoms with Crippen molar-refractivity contribution in [1.29, 1.82) is 0 Å². The predicted molar refractivity (Wildman–Crippen MR) is 112 cm³/mol. The van der Waals surface area contributed by atoms with Gasteiger partial charge in [-0.3, -0.25) is 4.79 Å². The van der Waals surface area contributed by atoms with Crippen molar-refractivity contribution in [2.45, 2.75) is 4.90 Å². The van der Waals surface area contributed by atoms with E-state index in [0.29, 0.717) is 29.7 Å². The standard InChI is InChI=1S/C18H16ClN5O4S2/c19-13-3-2-12(10-15(13)30(26,27)24-6-8-28-9-7-24)22-17(25)14-11-29-18(23-14)16-20-4-1-5-21-16/h1-5,10-11H,6-9H2,(H,22,25). The Bertz CT molecular complexity index is 1160. The number of carbonyl (C=O) groups excluding carboxylic acids is 1. The molecule has 0 spiro atoms. The first kappa shape index (κ1) is 20.8. The van der Waals surface area contributed by atoms with Crippen molar-refractivity contribution in [3.05, 3.63) is 52.8 Å². The van der Waals surface area contributed by atoms with Crippen LogP contribution in [0.15, 0.2) is 46.9 Å². The lowest BCUT2D eigenvalue weighted by molar-refractivity contribution is 0.0730. The Kier molecular flexibility index (Phi) is 6.06. The molecule has 2 aromatic heterocycles. The molecule has 0 saturated carbocycles. The largest absolute Gasteiger partial charge is 0.379 e. The highest BCUT2D eigenvalue weighted by atomic mass is 35.5. The van der Waals surface area contributed by atoms with Crippen LogP contribution < -0.4 is 5.32 Å². The third kappa shape index (κ3) is 4.35. The van der Waals surface area contributed by atoms with Crippen LogP contribution in [0.25, 0.3) is 10.8 Å². The van der Waals surface area contributed by atoms with E-state index in [4.69, 9.17) is 16.3 Å². The molecule has 3 heterocycles. The van der Waals surface area contributed by atoms with Crippen LogP contribution >= 0.6 is 22.9 Å². The lowest BCUT2D eigenvalue weighted by atomic mass is 10.3. The van der Waals surface area contributed by atoms with Crippen molar-refractivity contribution in [2.75, 3.05) is 31.6 Å². The topological polar surface area (TPSA) is 114 Å². The molecule has 12 heteroatoms. The van der Waals surface area contributed by atoms with Crippen molar-refractivity contribution in [3.8, 4) is 10.8 Å². The highest BCUT2D eigenvalue weighted by Crippen LogP contribution is 2.29. The fraction of sp³-hybridized carbons (Fsp3) is 0.222. The number of morpholine rings is 1. The number of nitrogens with zero attached hydrogens (tertiary/aromatic N) is 4. The normalized spacial score (nSPS) is 15.1.